The summed E-state index contributed by atoms with van der Waals surface area (Å²) in [7, 11) is 1.73. The fourth-order valence-electron chi connectivity index (χ4n) is 1.34. The van der Waals surface area contributed by atoms with Gasteiger partial charge in [0.05, 0.1) is 5.39 Å². The summed E-state index contributed by atoms with van der Waals surface area (Å²) in [6.07, 6.45) is 0.711. The molecular formula is C10H12N2O2S2. The molecule has 0 atom stereocenters. The Morgan fingerprint density at radius 2 is 2.44 bits per heavy atom. The molecule has 0 aliphatic heterocycles. The van der Waals surface area contributed by atoms with E-state index in [1.54, 1.807) is 17.7 Å². The first-order chi connectivity index (χ1) is 7.74. The van der Waals surface area contributed by atoms with E-state index in [2.05, 4.69) is 4.98 Å². The molecule has 6 heteroatoms. The van der Waals surface area contributed by atoms with Crippen molar-refractivity contribution in [2.45, 2.75) is 11.6 Å². The quantitative estimate of drug-likeness (QED) is 0.511. The molecule has 0 spiro atoms. The Hall–Kier alpha value is -0.850. The van der Waals surface area contributed by atoms with Crippen molar-refractivity contribution < 1.29 is 5.11 Å². The van der Waals surface area contributed by atoms with Gasteiger partial charge in [0.2, 0.25) is 0 Å². The van der Waals surface area contributed by atoms with Gasteiger partial charge in [-0.3, -0.25) is 9.36 Å². The fourth-order valence-corrected chi connectivity index (χ4v) is 3.04. The summed E-state index contributed by atoms with van der Waals surface area (Å²) in [6, 6.07) is 1.80. The monoisotopic (exact) mass is 256 g/mol. The molecule has 0 unspecified atom stereocenters. The molecule has 1 N–H and O–H groups in total. The van der Waals surface area contributed by atoms with Crippen LogP contribution < -0.4 is 5.56 Å². The molecule has 0 fully saturated rings. The molecule has 2 aromatic rings. The number of rotatable bonds is 4. The van der Waals surface area contributed by atoms with E-state index in [1.165, 1.54) is 23.1 Å². The zero-order chi connectivity index (χ0) is 11.5. The highest BCUT2D eigenvalue weighted by molar-refractivity contribution is 7.99. The van der Waals surface area contributed by atoms with Gasteiger partial charge >= 0.3 is 0 Å². The molecule has 0 aromatic carbocycles. The number of hydrogen-bond acceptors (Lipinski definition) is 5. The highest BCUT2D eigenvalue weighted by Crippen LogP contribution is 2.20. The number of hydrogen-bond donors (Lipinski definition) is 1. The Bertz CT molecular complexity index is 547. The summed E-state index contributed by atoms with van der Waals surface area (Å²) in [5, 5.41) is 12.0. The zero-order valence-electron chi connectivity index (χ0n) is 8.84. The third-order valence-electron chi connectivity index (χ3n) is 2.20. The number of aliphatic hydroxyl groups excluding tert-OH is 1. The van der Waals surface area contributed by atoms with E-state index >= 15 is 0 Å². The normalized spacial score (nSPS) is 11.1. The van der Waals surface area contributed by atoms with Gasteiger partial charge in [-0.15, -0.1) is 11.3 Å². The minimum absolute atomic E-state index is 0.00208. The fraction of sp³-hybridized carbons (Fsp3) is 0.400. The summed E-state index contributed by atoms with van der Waals surface area (Å²) in [5.74, 6) is 0.771. The summed E-state index contributed by atoms with van der Waals surface area (Å²) in [4.78, 5) is 17.1. The number of aliphatic hydroxyl groups is 1. The van der Waals surface area contributed by atoms with Crippen LogP contribution >= 0.6 is 23.1 Å². The van der Waals surface area contributed by atoms with Crippen LogP contribution in [-0.4, -0.2) is 27.0 Å². The smallest absolute Gasteiger partial charge is 0.262 e. The molecule has 0 saturated carbocycles. The van der Waals surface area contributed by atoms with Crippen molar-refractivity contribution in [1.82, 2.24) is 9.55 Å². The van der Waals surface area contributed by atoms with E-state index in [0.717, 1.165) is 10.6 Å². The van der Waals surface area contributed by atoms with Crippen molar-refractivity contribution in [1.29, 1.82) is 0 Å². The molecule has 0 aliphatic carbocycles. The largest absolute Gasteiger partial charge is 0.396 e. The molecule has 2 aromatic heterocycles. The topological polar surface area (TPSA) is 55.1 Å². The van der Waals surface area contributed by atoms with Crippen molar-refractivity contribution in [3.63, 3.8) is 0 Å². The molecule has 16 heavy (non-hydrogen) atoms. The summed E-state index contributed by atoms with van der Waals surface area (Å²) in [5.41, 5.74) is -0.00208. The van der Waals surface area contributed by atoms with Gasteiger partial charge in [-0.1, -0.05) is 11.8 Å². The van der Waals surface area contributed by atoms with Gasteiger partial charge in [0.15, 0.2) is 5.16 Å². The lowest BCUT2D eigenvalue weighted by atomic mass is 10.4. The highest BCUT2D eigenvalue weighted by Gasteiger charge is 2.08. The van der Waals surface area contributed by atoms with Gasteiger partial charge in [0.1, 0.15) is 4.83 Å². The molecule has 2 rings (SSSR count). The van der Waals surface area contributed by atoms with Gasteiger partial charge in [-0.25, -0.2) is 4.98 Å². The van der Waals surface area contributed by atoms with Crippen molar-refractivity contribution >= 4 is 33.3 Å². The Morgan fingerprint density at radius 1 is 1.62 bits per heavy atom. The van der Waals surface area contributed by atoms with Crippen LogP contribution in [0.5, 0.6) is 0 Å². The first-order valence-electron chi connectivity index (χ1n) is 4.92. The van der Waals surface area contributed by atoms with Crippen LogP contribution in [0, 0.1) is 0 Å². The van der Waals surface area contributed by atoms with E-state index < -0.39 is 0 Å². The Kier molecular flexibility index (Phi) is 3.63. The molecule has 0 amide bonds. The number of fused-ring (bicyclic) bond motifs is 1. The predicted molar refractivity (Wildman–Crippen MR) is 67.3 cm³/mol. The van der Waals surface area contributed by atoms with Gasteiger partial charge in [0, 0.05) is 19.4 Å². The van der Waals surface area contributed by atoms with E-state index in [4.69, 9.17) is 5.11 Å². The second-order valence-corrected chi connectivity index (χ2v) is 5.28. The van der Waals surface area contributed by atoms with Crippen LogP contribution in [0.4, 0.5) is 0 Å². The van der Waals surface area contributed by atoms with E-state index in [9.17, 15) is 4.79 Å². The van der Waals surface area contributed by atoms with Crippen molar-refractivity contribution in [3.8, 4) is 0 Å². The third kappa shape index (κ3) is 2.14. The Morgan fingerprint density at radius 3 is 3.19 bits per heavy atom. The molecule has 0 saturated heterocycles. The lowest BCUT2D eigenvalue weighted by molar-refractivity contribution is 0.296. The molecule has 2 heterocycles. The predicted octanol–water partition coefficient (Wildman–Crippen LogP) is 1.47. The van der Waals surface area contributed by atoms with Gasteiger partial charge in [-0.05, 0) is 17.9 Å². The standard InChI is InChI=1S/C10H12N2O2S2/c1-12-9(14)7-3-6-15-8(7)11-10(12)16-5-2-4-13/h3,6,13H,2,4-5H2,1H3. The summed E-state index contributed by atoms with van der Waals surface area (Å²) in [6.45, 7) is 0.169. The van der Waals surface area contributed by atoms with Gasteiger partial charge < -0.3 is 5.11 Å². The maximum Gasteiger partial charge on any atom is 0.262 e. The SMILES string of the molecule is Cn1c(SCCCO)nc2sccc2c1=O. The van der Waals surface area contributed by atoms with Crippen molar-refractivity contribution in [2.75, 3.05) is 12.4 Å². The van der Waals surface area contributed by atoms with Crippen LogP contribution in [0.15, 0.2) is 21.4 Å². The minimum Gasteiger partial charge on any atom is -0.396 e. The number of thioether (sulfide) groups is 1. The van der Waals surface area contributed by atoms with Crippen LogP contribution in [0.3, 0.4) is 0 Å². The number of nitrogens with zero attached hydrogens (tertiary/aromatic N) is 2. The lowest BCUT2D eigenvalue weighted by Crippen LogP contribution is -2.19. The minimum atomic E-state index is -0.00208. The van der Waals surface area contributed by atoms with Crippen LogP contribution in [0.2, 0.25) is 0 Å². The van der Waals surface area contributed by atoms with Gasteiger partial charge in [0.25, 0.3) is 5.56 Å². The number of thiophene rings is 1. The second kappa shape index (κ2) is 4.99. The molecule has 86 valence electrons. The molecular weight excluding hydrogens is 244 g/mol. The van der Waals surface area contributed by atoms with Crippen LogP contribution in [0.1, 0.15) is 6.42 Å². The number of aromatic nitrogens is 2. The Labute approximate surface area is 101 Å². The molecule has 0 bridgehead atoms. The average molecular weight is 256 g/mol. The maximum absolute atomic E-state index is 11.9. The van der Waals surface area contributed by atoms with Crippen LogP contribution in [0.25, 0.3) is 10.2 Å². The molecule has 4 nitrogen and oxygen atoms in total. The summed E-state index contributed by atoms with van der Waals surface area (Å²) >= 11 is 2.98. The lowest BCUT2D eigenvalue weighted by Gasteiger charge is -2.05. The molecule has 0 radical (unpaired) electrons. The molecule has 0 aliphatic rings. The Balaban J connectivity index is 2.37. The third-order valence-corrected chi connectivity index (χ3v) is 4.12. The van der Waals surface area contributed by atoms with E-state index in [1.807, 2.05) is 5.38 Å². The first-order valence-corrected chi connectivity index (χ1v) is 6.78. The van der Waals surface area contributed by atoms with Crippen molar-refractivity contribution in [3.05, 3.63) is 21.8 Å². The van der Waals surface area contributed by atoms with E-state index in [0.29, 0.717) is 17.0 Å². The van der Waals surface area contributed by atoms with E-state index in [-0.39, 0.29) is 12.2 Å². The van der Waals surface area contributed by atoms with Gasteiger partial charge in [-0.2, -0.15) is 0 Å². The first kappa shape index (κ1) is 11.6. The summed E-state index contributed by atoms with van der Waals surface area (Å²) < 4.78 is 1.57. The highest BCUT2D eigenvalue weighted by atomic mass is 32.2. The zero-order valence-corrected chi connectivity index (χ0v) is 10.5. The van der Waals surface area contributed by atoms with Crippen LogP contribution in [-0.2, 0) is 7.05 Å². The average Bonchev–Trinajstić information content (AvgIpc) is 2.73. The second-order valence-electron chi connectivity index (χ2n) is 3.32. The van der Waals surface area contributed by atoms with Crippen molar-refractivity contribution in [2.24, 2.45) is 7.05 Å². The maximum atomic E-state index is 11.9.